The molecule has 8 nitrogen and oxygen atoms in total. The van der Waals surface area contributed by atoms with Gasteiger partial charge >= 0.3 is 6.09 Å². The molecule has 1 rings (SSSR count). The number of ether oxygens (including phenoxy) is 2. The van der Waals surface area contributed by atoms with Gasteiger partial charge in [-0.2, -0.15) is 4.98 Å². The van der Waals surface area contributed by atoms with E-state index in [1.54, 1.807) is 13.3 Å². The number of carbonyl (C=O) groups excluding carboxylic acids is 1. The topological polar surface area (TPSA) is 111 Å². The third-order valence-corrected chi connectivity index (χ3v) is 4.00. The van der Waals surface area contributed by atoms with E-state index in [2.05, 4.69) is 34.4 Å². The Morgan fingerprint density at radius 3 is 2.76 bits per heavy atom. The summed E-state index contributed by atoms with van der Waals surface area (Å²) in [6.45, 7) is 7.07. The fourth-order valence-corrected chi connectivity index (χ4v) is 2.51. The van der Waals surface area contributed by atoms with Gasteiger partial charge in [0, 0.05) is 19.0 Å². The zero-order valence-electron chi connectivity index (χ0n) is 15.7. The van der Waals surface area contributed by atoms with Crippen molar-refractivity contribution in [2.45, 2.75) is 52.5 Å². The van der Waals surface area contributed by atoms with Gasteiger partial charge in [0.2, 0.25) is 5.95 Å². The number of rotatable bonds is 11. The van der Waals surface area contributed by atoms with Gasteiger partial charge in [0.15, 0.2) is 11.6 Å². The molecular formula is C17H31N5O3. The molecule has 1 heterocycles. The van der Waals surface area contributed by atoms with Crippen LogP contribution in [-0.2, 0) is 4.74 Å². The molecule has 0 radical (unpaired) electrons. The van der Waals surface area contributed by atoms with Crippen LogP contribution in [0.1, 0.15) is 46.5 Å². The second kappa shape index (κ2) is 11.3. The van der Waals surface area contributed by atoms with Crippen molar-refractivity contribution in [2.75, 3.05) is 31.3 Å². The van der Waals surface area contributed by atoms with Crippen LogP contribution in [0, 0.1) is 5.92 Å². The number of nitrogens with two attached hydrogens (primary N) is 1. The van der Waals surface area contributed by atoms with Crippen LogP contribution < -0.4 is 21.1 Å². The van der Waals surface area contributed by atoms with Crippen LogP contribution in [0.4, 0.5) is 16.6 Å². The highest BCUT2D eigenvalue weighted by Crippen LogP contribution is 2.25. The summed E-state index contributed by atoms with van der Waals surface area (Å²) < 4.78 is 10.5. The summed E-state index contributed by atoms with van der Waals surface area (Å²) in [6, 6.07) is 0.0733. The summed E-state index contributed by atoms with van der Waals surface area (Å²) in [5.74, 6) is 1.65. The lowest BCUT2D eigenvalue weighted by Gasteiger charge is -2.26. The fourth-order valence-electron chi connectivity index (χ4n) is 2.51. The summed E-state index contributed by atoms with van der Waals surface area (Å²) in [5.41, 5.74) is 5.69. The Morgan fingerprint density at radius 2 is 2.12 bits per heavy atom. The number of alkyl carbamates (subject to hydrolysis) is 1. The summed E-state index contributed by atoms with van der Waals surface area (Å²) in [5, 5.41) is 6.01. The maximum Gasteiger partial charge on any atom is 0.407 e. The van der Waals surface area contributed by atoms with Gasteiger partial charge in [-0.05, 0) is 19.3 Å². The molecule has 1 aromatic heterocycles. The minimum absolute atomic E-state index is 0.0733. The molecule has 4 N–H and O–H groups in total. The highest BCUT2D eigenvalue weighted by molar-refractivity contribution is 5.66. The number of nitrogens with one attached hydrogen (secondary N) is 2. The lowest BCUT2D eigenvalue weighted by Crippen LogP contribution is -2.31. The summed E-state index contributed by atoms with van der Waals surface area (Å²) in [6.07, 6.45) is 5.15. The third-order valence-electron chi connectivity index (χ3n) is 4.00. The van der Waals surface area contributed by atoms with Gasteiger partial charge in [-0.25, -0.2) is 9.78 Å². The van der Waals surface area contributed by atoms with E-state index in [1.807, 2.05) is 6.92 Å². The average molecular weight is 353 g/mol. The number of carbonyl (C=O) groups is 1. The fraction of sp³-hybridized carbons (Fsp3) is 0.706. The molecule has 0 bridgehead atoms. The van der Waals surface area contributed by atoms with E-state index in [0.717, 1.165) is 19.3 Å². The Bertz CT molecular complexity index is 527. The average Bonchev–Trinajstić information content (AvgIpc) is 2.59. The molecule has 142 valence electrons. The van der Waals surface area contributed by atoms with Crippen molar-refractivity contribution < 1.29 is 14.3 Å². The van der Waals surface area contributed by atoms with E-state index in [4.69, 9.17) is 15.2 Å². The number of nitrogens with zero attached hydrogens (tertiary/aromatic N) is 2. The Kier molecular flexibility index (Phi) is 9.42. The molecule has 0 saturated heterocycles. The molecule has 0 aromatic carbocycles. The molecule has 0 fully saturated rings. The quantitative estimate of drug-likeness (QED) is 0.561. The van der Waals surface area contributed by atoms with Crippen molar-refractivity contribution >= 4 is 17.9 Å². The van der Waals surface area contributed by atoms with E-state index in [1.165, 1.54) is 0 Å². The Balaban J connectivity index is 2.76. The molecule has 0 saturated carbocycles. The highest BCUT2D eigenvalue weighted by Gasteiger charge is 2.20. The highest BCUT2D eigenvalue weighted by atomic mass is 16.5. The van der Waals surface area contributed by atoms with Crippen molar-refractivity contribution in [3.63, 3.8) is 0 Å². The van der Waals surface area contributed by atoms with Crippen LogP contribution in [0.3, 0.4) is 0 Å². The van der Waals surface area contributed by atoms with Crippen LogP contribution in [0.15, 0.2) is 6.20 Å². The largest absolute Gasteiger partial charge is 0.491 e. The van der Waals surface area contributed by atoms with Crippen molar-refractivity contribution in [2.24, 2.45) is 5.92 Å². The van der Waals surface area contributed by atoms with E-state index >= 15 is 0 Å². The number of hydrogen-bond acceptors (Lipinski definition) is 7. The van der Waals surface area contributed by atoms with Crippen molar-refractivity contribution in [3.05, 3.63) is 6.20 Å². The molecule has 0 aliphatic rings. The number of amides is 1. The van der Waals surface area contributed by atoms with Gasteiger partial charge in [-0.3, -0.25) is 0 Å². The maximum atomic E-state index is 11.5. The molecular weight excluding hydrogens is 322 g/mol. The van der Waals surface area contributed by atoms with Crippen LogP contribution in [0.2, 0.25) is 0 Å². The molecule has 1 amide bonds. The number of methoxy groups -OCH3 is 1. The molecule has 0 spiro atoms. The van der Waals surface area contributed by atoms with Crippen LogP contribution in [0.25, 0.3) is 0 Å². The predicted octanol–water partition coefficient (Wildman–Crippen LogP) is 2.81. The van der Waals surface area contributed by atoms with Gasteiger partial charge in [0.25, 0.3) is 0 Å². The van der Waals surface area contributed by atoms with E-state index < -0.39 is 6.09 Å². The van der Waals surface area contributed by atoms with Gasteiger partial charge in [-0.1, -0.05) is 26.7 Å². The third kappa shape index (κ3) is 7.45. The lowest BCUT2D eigenvalue weighted by molar-refractivity contribution is 0.141. The SMILES string of the molecule is CCCCC(C)C(CCOC(=O)NCC)Nc1nc(N)ncc1OC. The molecule has 8 heteroatoms. The van der Waals surface area contributed by atoms with E-state index in [0.29, 0.717) is 37.1 Å². The number of unbranched alkanes of at least 4 members (excludes halogenated alkanes) is 1. The molecule has 2 atom stereocenters. The standard InChI is InChI=1S/C17H31N5O3/c1-5-7-8-12(3)13(9-10-25-17(23)19-6-2)21-15-14(24-4)11-20-16(18)22-15/h11-13H,5-10H2,1-4H3,(H,19,23)(H3,18,20,21,22). The first kappa shape index (κ1) is 20.8. The first-order valence-corrected chi connectivity index (χ1v) is 8.85. The first-order chi connectivity index (χ1) is 12.0. The van der Waals surface area contributed by atoms with E-state index in [-0.39, 0.29) is 12.0 Å². The minimum atomic E-state index is -0.397. The second-order valence-electron chi connectivity index (χ2n) is 5.97. The lowest BCUT2D eigenvalue weighted by atomic mass is 9.93. The molecule has 1 aromatic rings. The maximum absolute atomic E-state index is 11.5. The van der Waals surface area contributed by atoms with Gasteiger partial charge in [0.05, 0.1) is 19.9 Å². The normalized spacial score (nSPS) is 13.0. The van der Waals surface area contributed by atoms with Crippen molar-refractivity contribution in [3.8, 4) is 5.75 Å². The molecule has 0 aliphatic heterocycles. The minimum Gasteiger partial charge on any atom is -0.491 e. The zero-order valence-corrected chi connectivity index (χ0v) is 15.7. The number of anilines is 2. The summed E-state index contributed by atoms with van der Waals surface area (Å²) in [4.78, 5) is 19.6. The van der Waals surface area contributed by atoms with Crippen LogP contribution >= 0.6 is 0 Å². The molecule has 25 heavy (non-hydrogen) atoms. The van der Waals surface area contributed by atoms with E-state index in [9.17, 15) is 4.79 Å². The van der Waals surface area contributed by atoms with Crippen LogP contribution in [-0.4, -0.2) is 42.4 Å². The van der Waals surface area contributed by atoms with Crippen molar-refractivity contribution in [1.29, 1.82) is 0 Å². The molecule has 2 unspecified atom stereocenters. The second-order valence-corrected chi connectivity index (χ2v) is 5.97. The monoisotopic (exact) mass is 353 g/mol. The summed E-state index contributed by atoms with van der Waals surface area (Å²) in [7, 11) is 1.56. The van der Waals surface area contributed by atoms with Crippen molar-refractivity contribution in [1.82, 2.24) is 15.3 Å². The smallest absolute Gasteiger partial charge is 0.407 e. The Hall–Kier alpha value is -2.25. The number of nitrogen functional groups attached to an aromatic ring is 1. The van der Waals surface area contributed by atoms with Gasteiger partial charge < -0.3 is 25.8 Å². The Morgan fingerprint density at radius 1 is 1.36 bits per heavy atom. The predicted molar refractivity (Wildman–Crippen MR) is 98.7 cm³/mol. The molecule has 0 aliphatic carbocycles. The van der Waals surface area contributed by atoms with Gasteiger partial charge in [0.1, 0.15) is 0 Å². The zero-order chi connectivity index (χ0) is 18.7. The number of hydrogen-bond donors (Lipinski definition) is 3. The Labute approximate surface area is 149 Å². The summed E-state index contributed by atoms with van der Waals surface area (Å²) >= 11 is 0. The number of aromatic nitrogens is 2. The van der Waals surface area contributed by atoms with Crippen LogP contribution in [0.5, 0.6) is 5.75 Å². The van der Waals surface area contributed by atoms with Gasteiger partial charge in [-0.15, -0.1) is 0 Å². The first-order valence-electron chi connectivity index (χ1n) is 8.85.